The number of hydrogen-bond donors (Lipinski definition) is 6. The molecular weight excluding hydrogens is 610 g/mol. The van der Waals surface area contributed by atoms with E-state index in [2.05, 4.69) is 25.8 Å². The Morgan fingerprint density at radius 3 is 2.52 bits per heavy atom. The zero-order valence-electron chi connectivity index (χ0n) is 26.9. The monoisotopic (exact) mass is 653 g/mol. The van der Waals surface area contributed by atoms with E-state index in [1.54, 1.807) is 12.1 Å². The summed E-state index contributed by atoms with van der Waals surface area (Å²) in [4.78, 5) is 42.2. The number of aromatic hydroxyl groups is 1. The van der Waals surface area contributed by atoms with Crippen LogP contribution in [0.3, 0.4) is 0 Å². The largest absolute Gasteiger partial charge is 0.506 e. The Balaban J connectivity index is 0.878. The highest BCUT2D eigenvalue weighted by Crippen LogP contribution is 2.31. The molecule has 6 N–H and O–H groups in total. The molecule has 4 aromatic rings. The summed E-state index contributed by atoms with van der Waals surface area (Å²) >= 11 is 0. The molecule has 2 amide bonds. The lowest BCUT2D eigenvalue weighted by Crippen LogP contribution is -2.43. The molecular formula is C37H43N5O6. The van der Waals surface area contributed by atoms with Gasteiger partial charge in [-0.25, -0.2) is 4.79 Å². The van der Waals surface area contributed by atoms with Crippen molar-refractivity contribution in [2.24, 2.45) is 5.92 Å². The summed E-state index contributed by atoms with van der Waals surface area (Å²) in [5.74, 6) is -0.0702. The van der Waals surface area contributed by atoms with Crippen molar-refractivity contribution in [3.8, 4) is 16.9 Å². The topological polar surface area (TPSA) is 156 Å². The number of pyridine rings is 1. The van der Waals surface area contributed by atoms with Crippen molar-refractivity contribution in [2.45, 2.75) is 50.4 Å². The van der Waals surface area contributed by atoms with Gasteiger partial charge in [-0.15, -0.1) is 0 Å². The minimum absolute atomic E-state index is 0.0451. The van der Waals surface area contributed by atoms with Crippen LogP contribution in [0.5, 0.6) is 5.75 Å². The van der Waals surface area contributed by atoms with Gasteiger partial charge in [0.25, 0.3) is 0 Å². The number of benzene rings is 3. The highest BCUT2D eigenvalue weighted by Gasteiger charge is 2.30. The van der Waals surface area contributed by atoms with Gasteiger partial charge in [-0.3, -0.25) is 14.9 Å². The number of H-pyrrole nitrogens is 1. The van der Waals surface area contributed by atoms with Gasteiger partial charge in [-0.05, 0) is 61.4 Å². The van der Waals surface area contributed by atoms with Crippen LogP contribution in [0.25, 0.3) is 22.0 Å². The van der Waals surface area contributed by atoms with Crippen LogP contribution in [-0.2, 0) is 9.53 Å². The van der Waals surface area contributed by atoms with Crippen LogP contribution in [-0.4, -0.2) is 77.0 Å². The minimum Gasteiger partial charge on any atom is -0.506 e. The Hall–Kier alpha value is -4.71. The zero-order valence-corrected chi connectivity index (χ0v) is 26.9. The summed E-state index contributed by atoms with van der Waals surface area (Å²) in [6.45, 7) is 3.17. The van der Waals surface area contributed by atoms with E-state index in [-0.39, 0.29) is 35.3 Å². The molecule has 1 aromatic heterocycles. The van der Waals surface area contributed by atoms with Crippen molar-refractivity contribution in [3.05, 3.63) is 94.8 Å². The van der Waals surface area contributed by atoms with Crippen molar-refractivity contribution >= 4 is 28.6 Å². The smallest absolute Gasteiger partial charge is 0.411 e. The third-order valence-electron chi connectivity index (χ3n) is 9.45. The molecule has 0 spiro atoms. The number of fused-ring (bicyclic) bond motifs is 1. The van der Waals surface area contributed by atoms with Crippen LogP contribution in [0.4, 0.5) is 10.5 Å². The average molecular weight is 654 g/mol. The van der Waals surface area contributed by atoms with E-state index in [1.165, 1.54) is 12.1 Å². The summed E-state index contributed by atoms with van der Waals surface area (Å²) in [5.41, 5.74) is 3.27. The number of phenolic OH excluding ortho intramolecular Hbond substituents is 1. The Bertz CT molecular complexity index is 1770. The van der Waals surface area contributed by atoms with Crippen molar-refractivity contribution < 1.29 is 24.5 Å². The fourth-order valence-electron chi connectivity index (χ4n) is 6.83. The van der Waals surface area contributed by atoms with E-state index >= 15 is 0 Å². The summed E-state index contributed by atoms with van der Waals surface area (Å²) in [7, 11) is 0. The van der Waals surface area contributed by atoms with Crippen LogP contribution in [0, 0.1) is 5.92 Å². The number of aliphatic hydroxyl groups excluding tert-OH is 1. The molecule has 0 bridgehead atoms. The van der Waals surface area contributed by atoms with E-state index < -0.39 is 12.2 Å². The second-order valence-corrected chi connectivity index (χ2v) is 12.7. The molecule has 2 aliphatic rings. The quantitative estimate of drug-likeness (QED) is 0.138. The van der Waals surface area contributed by atoms with E-state index in [0.717, 1.165) is 56.4 Å². The van der Waals surface area contributed by atoms with Gasteiger partial charge in [-0.1, -0.05) is 54.6 Å². The normalized spacial score (nSPS) is 19.2. The molecule has 11 heteroatoms. The first-order valence-electron chi connectivity index (χ1n) is 16.7. The molecule has 0 radical (unpaired) electrons. The number of piperidine rings is 1. The van der Waals surface area contributed by atoms with Crippen LogP contribution in [0.1, 0.15) is 43.8 Å². The molecule has 2 fully saturated rings. The molecule has 0 unspecified atom stereocenters. The van der Waals surface area contributed by atoms with Gasteiger partial charge >= 0.3 is 6.09 Å². The van der Waals surface area contributed by atoms with Gasteiger partial charge in [-0.2, -0.15) is 0 Å². The number of nitrogens with zero attached hydrogens (tertiary/aromatic N) is 1. The van der Waals surface area contributed by atoms with E-state index in [1.807, 2.05) is 54.6 Å². The third kappa shape index (κ3) is 8.22. The number of amides is 2. The highest BCUT2D eigenvalue weighted by molar-refractivity contribution is 5.91. The highest BCUT2D eigenvalue weighted by atomic mass is 16.6. The molecule has 1 saturated carbocycles. The SMILES string of the molecule is O=C(Nc1ccccc1-c1ccccc1)OC1CCN(CCNC(=O)[C@@H]2CC[C@H](NC[C@H](O)c3ccc(O)c4[nH]c(=O)ccc34)C2)CC1. The average Bonchev–Trinajstić information content (AvgIpc) is 3.58. The van der Waals surface area contributed by atoms with E-state index in [4.69, 9.17) is 4.74 Å². The number of nitrogens with one attached hydrogen (secondary N) is 4. The summed E-state index contributed by atoms with van der Waals surface area (Å²) in [6.07, 6.45) is 2.35. The van der Waals surface area contributed by atoms with Crippen molar-refractivity contribution in [2.75, 3.05) is 38.0 Å². The Kier molecular flexibility index (Phi) is 10.7. The Labute approximate surface area is 279 Å². The number of aromatic amines is 1. The Morgan fingerprint density at radius 2 is 1.71 bits per heavy atom. The maximum atomic E-state index is 12.9. The predicted octanol–water partition coefficient (Wildman–Crippen LogP) is 4.52. The number of phenols is 1. The molecule has 11 nitrogen and oxygen atoms in total. The maximum Gasteiger partial charge on any atom is 0.411 e. The number of likely N-dealkylation sites (tertiary alicyclic amines) is 1. The second kappa shape index (κ2) is 15.5. The first kappa shape index (κ1) is 33.2. The third-order valence-corrected chi connectivity index (χ3v) is 9.45. The Morgan fingerprint density at radius 1 is 0.938 bits per heavy atom. The molecule has 1 saturated heterocycles. The summed E-state index contributed by atoms with van der Waals surface area (Å²) < 4.78 is 5.75. The first-order valence-corrected chi connectivity index (χ1v) is 16.7. The number of ether oxygens (including phenoxy) is 1. The van der Waals surface area contributed by atoms with Crippen LogP contribution < -0.4 is 21.5 Å². The number of hydrogen-bond acceptors (Lipinski definition) is 8. The molecule has 3 aromatic carbocycles. The lowest BCUT2D eigenvalue weighted by Gasteiger charge is -2.31. The lowest BCUT2D eigenvalue weighted by atomic mass is 10.0. The van der Waals surface area contributed by atoms with E-state index in [9.17, 15) is 24.6 Å². The van der Waals surface area contributed by atoms with Crippen LogP contribution >= 0.6 is 0 Å². The fourth-order valence-corrected chi connectivity index (χ4v) is 6.83. The predicted molar refractivity (Wildman–Crippen MR) is 185 cm³/mol. The number of para-hydroxylation sites is 1. The molecule has 3 atom stereocenters. The van der Waals surface area contributed by atoms with Crippen molar-refractivity contribution in [1.82, 2.24) is 20.5 Å². The molecule has 1 aliphatic carbocycles. The number of aromatic nitrogens is 1. The number of aliphatic hydroxyl groups is 1. The maximum absolute atomic E-state index is 12.9. The minimum atomic E-state index is -0.841. The van der Waals surface area contributed by atoms with Gasteiger partial charge in [0.2, 0.25) is 11.5 Å². The van der Waals surface area contributed by atoms with Gasteiger partial charge < -0.3 is 35.5 Å². The first-order chi connectivity index (χ1) is 23.3. The second-order valence-electron chi connectivity index (χ2n) is 12.7. The molecule has 2 heterocycles. The number of anilines is 1. The van der Waals surface area contributed by atoms with E-state index in [0.29, 0.717) is 41.7 Å². The summed E-state index contributed by atoms with van der Waals surface area (Å²) in [6, 6.07) is 23.8. The van der Waals surface area contributed by atoms with Crippen molar-refractivity contribution in [3.63, 3.8) is 0 Å². The lowest BCUT2D eigenvalue weighted by molar-refractivity contribution is -0.124. The number of carbonyl (C=O) groups is 2. The standard InChI is InChI=1S/C37H43N5O6/c43-32-14-12-29(30-13-15-34(45)41-35(30)32)33(44)23-39-26-11-10-25(22-26)36(46)38-18-21-42-19-16-27(17-20-42)48-37(47)40-31-9-5-4-8-28(31)24-6-2-1-3-7-24/h1-9,12-15,25-27,33,39,43-44H,10-11,16-23H2,(H,38,46)(H,40,47)(H,41,45)/t25-,26+,33+/m1/s1. The van der Waals surface area contributed by atoms with Crippen LogP contribution in [0.2, 0.25) is 0 Å². The number of carbonyl (C=O) groups excluding carboxylic acids is 2. The molecule has 1 aliphatic heterocycles. The summed E-state index contributed by atoms with van der Waals surface area (Å²) in [5, 5.41) is 31.0. The van der Waals surface area contributed by atoms with Gasteiger partial charge in [0.15, 0.2) is 0 Å². The zero-order chi connectivity index (χ0) is 33.5. The van der Waals surface area contributed by atoms with Gasteiger partial charge in [0, 0.05) is 61.7 Å². The molecule has 6 rings (SSSR count). The van der Waals surface area contributed by atoms with Gasteiger partial charge in [0.1, 0.15) is 11.9 Å². The van der Waals surface area contributed by atoms with Crippen LogP contribution in [0.15, 0.2) is 83.7 Å². The van der Waals surface area contributed by atoms with Gasteiger partial charge in [0.05, 0.1) is 17.3 Å². The van der Waals surface area contributed by atoms with Crippen molar-refractivity contribution in [1.29, 1.82) is 0 Å². The number of rotatable bonds is 11. The molecule has 48 heavy (non-hydrogen) atoms. The molecule has 252 valence electrons. The fraction of sp³-hybridized carbons (Fsp3) is 0.378.